The van der Waals surface area contributed by atoms with Gasteiger partial charge in [-0.1, -0.05) is 30.0 Å². The van der Waals surface area contributed by atoms with Gasteiger partial charge < -0.3 is 16.4 Å². The Hall–Kier alpha value is -3.80. The zero-order chi connectivity index (χ0) is 23.3. The van der Waals surface area contributed by atoms with Crippen molar-refractivity contribution in [3.05, 3.63) is 76.1 Å². The van der Waals surface area contributed by atoms with Gasteiger partial charge in [-0.05, 0) is 36.4 Å². The molecule has 5 N–H and O–H groups in total. The van der Waals surface area contributed by atoms with Crippen molar-refractivity contribution in [3.63, 3.8) is 0 Å². The van der Waals surface area contributed by atoms with Crippen molar-refractivity contribution in [2.45, 2.75) is 11.3 Å². The first-order chi connectivity index (χ1) is 15.1. The van der Waals surface area contributed by atoms with E-state index in [0.717, 1.165) is 36.0 Å². The molecule has 0 aliphatic heterocycles. The van der Waals surface area contributed by atoms with Gasteiger partial charge in [0, 0.05) is 11.3 Å². The second-order valence-corrected chi connectivity index (χ2v) is 7.33. The van der Waals surface area contributed by atoms with Crippen LogP contribution in [0, 0.1) is 0 Å². The number of rotatable bonds is 6. The molecule has 8 nitrogen and oxygen atoms in total. The van der Waals surface area contributed by atoms with Crippen LogP contribution < -0.4 is 21.9 Å². The third-order valence-electron chi connectivity index (χ3n) is 4.04. The lowest BCUT2D eigenvalue weighted by Crippen LogP contribution is -2.23. The second kappa shape index (κ2) is 9.56. The van der Waals surface area contributed by atoms with Crippen molar-refractivity contribution < 1.29 is 22.8 Å². The maximum atomic E-state index is 12.6. The largest absolute Gasteiger partial charge is 0.416 e. The summed E-state index contributed by atoms with van der Waals surface area (Å²) in [5, 5.41) is 4.87. The van der Waals surface area contributed by atoms with Gasteiger partial charge in [-0.2, -0.15) is 13.2 Å². The third-order valence-corrected chi connectivity index (χ3v) is 4.91. The van der Waals surface area contributed by atoms with Crippen LogP contribution in [0.25, 0.3) is 0 Å². The highest BCUT2D eigenvalue weighted by Crippen LogP contribution is 2.29. The molecule has 0 saturated carbocycles. The van der Waals surface area contributed by atoms with E-state index in [-0.39, 0.29) is 28.1 Å². The van der Waals surface area contributed by atoms with Crippen LogP contribution in [0.3, 0.4) is 0 Å². The van der Waals surface area contributed by atoms with E-state index in [1.54, 1.807) is 30.3 Å². The number of hydrogen-bond acceptors (Lipinski definition) is 6. The van der Waals surface area contributed by atoms with Crippen LogP contribution in [0.2, 0.25) is 0 Å². The van der Waals surface area contributed by atoms with Gasteiger partial charge >= 0.3 is 6.18 Å². The van der Waals surface area contributed by atoms with E-state index >= 15 is 0 Å². The van der Waals surface area contributed by atoms with E-state index < -0.39 is 29.1 Å². The van der Waals surface area contributed by atoms with Gasteiger partial charge in [-0.25, -0.2) is 4.98 Å². The van der Waals surface area contributed by atoms with E-state index in [9.17, 15) is 27.6 Å². The van der Waals surface area contributed by atoms with Crippen LogP contribution in [0.4, 0.5) is 30.4 Å². The average molecular weight is 463 g/mol. The zero-order valence-electron chi connectivity index (χ0n) is 16.2. The van der Waals surface area contributed by atoms with Crippen molar-refractivity contribution in [1.82, 2.24) is 9.97 Å². The number of nitrogens with two attached hydrogens (primary N) is 1. The highest BCUT2D eigenvalue weighted by atomic mass is 32.2. The predicted octanol–water partition coefficient (Wildman–Crippen LogP) is 3.35. The molecule has 3 aromatic rings. The number of hydrogen-bond donors (Lipinski definition) is 4. The Labute approximate surface area is 183 Å². The smallest absolute Gasteiger partial charge is 0.382 e. The topological polar surface area (TPSA) is 130 Å². The molecular weight excluding hydrogens is 447 g/mol. The van der Waals surface area contributed by atoms with Crippen LogP contribution in [0.1, 0.15) is 15.9 Å². The molecule has 0 aliphatic carbocycles. The summed E-state index contributed by atoms with van der Waals surface area (Å²) in [4.78, 5) is 42.9. The maximum absolute atomic E-state index is 12.6. The van der Waals surface area contributed by atoms with E-state index in [1.165, 1.54) is 0 Å². The Morgan fingerprint density at radius 1 is 1.03 bits per heavy atom. The predicted molar refractivity (Wildman–Crippen MR) is 114 cm³/mol. The Morgan fingerprint density at radius 2 is 1.69 bits per heavy atom. The number of carbonyl (C=O) groups excluding carboxylic acids is 2. The minimum absolute atomic E-state index is 0.0350. The van der Waals surface area contributed by atoms with Gasteiger partial charge in [0.2, 0.25) is 5.91 Å². The van der Waals surface area contributed by atoms with Crippen LogP contribution in [0.15, 0.2) is 64.5 Å². The number of nitrogen functional groups attached to an aromatic ring is 1. The number of nitrogens with one attached hydrogen (secondary N) is 3. The molecule has 0 unspecified atom stereocenters. The van der Waals surface area contributed by atoms with Crippen molar-refractivity contribution in [1.29, 1.82) is 0 Å². The number of carbonyl (C=O) groups is 2. The van der Waals surface area contributed by atoms with Gasteiger partial charge in [0.1, 0.15) is 5.69 Å². The van der Waals surface area contributed by atoms with Crippen molar-refractivity contribution in [2.75, 3.05) is 22.1 Å². The van der Waals surface area contributed by atoms with Gasteiger partial charge in [-0.15, -0.1) is 0 Å². The lowest BCUT2D eigenvalue weighted by molar-refractivity contribution is -0.137. The molecule has 2 amide bonds. The molecule has 12 heteroatoms. The molecule has 0 saturated heterocycles. The number of alkyl halides is 3. The second-order valence-electron chi connectivity index (χ2n) is 6.36. The fourth-order valence-electron chi connectivity index (χ4n) is 2.51. The first-order valence-electron chi connectivity index (χ1n) is 8.99. The summed E-state index contributed by atoms with van der Waals surface area (Å²) >= 11 is 0.856. The summed E-state index contributed by atoms with van der Waals surface area (Å²) < 4.78 is 37.7. The highest BCUT2D eigenvalue weighted by molar-refractivity contribution is 7.99. The molecular formula is C20H16F3N5O3S. The first-order valence-corrected chi connectivity index (χ1v) is 9.98. The number of H-pyrrole nitrogens is 1. The number of nitrogens with zero attached hydrogens (tertiary/aromatic N) is 1. The zero-order valence-corrected chi connectivity index (χ0v) is 17.0. The van der Waals surface area contributed by atoms with Crippen LogP contribution in [-0.2, 0) is 11.0 Å². The lowest BCUT2D eigenvalue weighted by Gasteiger charge is -2.09. The number of amides is 2. The molecule has 0 radical (unpaired) electrons. The molecule has 1 aromatic heterocycles. The SMILES string of the molecule is Nc1nc(SCC(=O)Nc2ccc(C(F)(F)F)cc2)[nH]c(=O)c1NC(=O)c1ccccc1. The summed E-state index contributed by atoms with van der Waals surface area (Å²) in [6.07, 6.45) is -4.47. The Balaban J connectivity index is 1.60. The molecule has 2 aromatic carbocycles. The summed E-state index contributed by atoms with van der Waals surface area (Å²) in [6.45, 7) is 0. The minimum atomic E-state index is -4.47. The summed E-state index contributed by atoms with van der Waals surface area (Å²) in [5.41, 5.74) is 4.53. The van der Waals surface area contributed by atoms with Crippen molar-refractivity contribution >= 4 is 40.8 Å². The Bertz CT molecular complexity index is 1180. The number of benzene rings is 2. The van der Waals surface area contributed by atoms with Crippen LogP contribution in [-0.4, -0.2) is 27.5 Å². The molecule has 0 aliphatic rings. The molecule has 0 spiro atoms. The monoisotopic (exact) mass is 463 g/mol. The number of thioether (sulfide) groups is 1. The van der Waals surface area contributed by atoms with Crippen LogP contribution in [0.5, 0.6) is 0 Å². The molecule has 32 heavy (non-hydrogen) atoms. The Kier molecular flexibility index (Phi) is 6.83. The van der Waals surface area contributed by atoms with Crippen LogP contribution >= 0.6 is 11.8 Å². The molecule has 0 atom stereocenters. The standard InChI is InChI=1S/C20H16F3N5O3S/c21-20(22,23)12-6-8-13(9-7-12)25-14(29)10-32-19-27-16(24)15(18(31)28-19)26-17(30)11-4-2-1-3-5-11/h1-9H,10H2,(H,25,29)(H,26,30)(H3,24,27,28,31). The van der Waals surface area contributed by atoms with Crippen molar-refractivity contribution in [3.8, 4) is 0 Å². The maximum Gasteiger partial charge on any atom is 0.416 e. The number of halogens is 3. The normalized spacial score (nSPS) is 11.1. The Morgan fingerprint density at radius 3 is 2.28 bits per heavy atom. The molecule has 166 valence electrons. The van der Waals surface area contributed by atoms with E-state index in [1.807, 2.05) is 0 Å². The first kappa shape index (κ1) is 22.9. The van der Waals surface area contributed by atoms with E-state index in [2.05, 4.69) is 20.6 Å². The molecule has 3 rings (SSSR count). The number of aromatic amines is 1. The summed E-state index contributed by atoms with van der Waals surface area (Å²) in [5.74, 6) is -1.50. The van der Waals surface area contributed by atoms with Gasteiger partial charge in [-0.3, -0.25) is 19.4 Å². The highest BCUT2D eigenvalue weighted by Gasteiger charge is 2.30. The average Bonchev–Trinajstić information content (AvgIpc) is 2.75. The fourth-order valence-corrected chi connectivity index (χ4v) is 3.17. The van der Waals surface area contributed by atoms with E-state index in [4.69, 9.17) is 5.73 Å². The third kappa shape index (κ3) is 5.88. The van der Waals surface area contributed by atoms with Crippen molar-refractivity contribution in [2.24, 2.45) is 0 Å². The fraction of sp³-hybridized carbons (Fsp3) is 0.100. The molecule has 0 bridgehead atoms. The van der Waals surface area contributed by atoms with Gasteiger partial charge in [0.05, 0.1) is 11.3 Å². The number of anilines is 3. The van der Waals surface area contributed by atoms with E-state index in [0.29, 0.717) is 5.56 Å². The van der Waals surface area contributed by atoms with Gasteiger partial charge in [0.15, 0.2) is 11.0 Å². The quantitative estimate of drug-likeness (QED) is 0.328. The summed E-state index contributed by atoms with van der Waals surface area (Å²) in [7, 11) is 0. The number of aromatic nitrogens is 2. The lowest BCUT2D eigenvalue weighted by atomic mass is 10.2. The summed E-state index contributed by atoms with van der Waals surface area (Å²) in [6, 6.07) is 12.2. The minimum Gasteiger partial charge on any atom is -0.382 e. The molecule has 0 fully saturated rings. The van der Waals surface area contributed by atoms with Gasteiger partial charge in [0.25, 0.3) is 11.5 Å². The molecule has 1 heterocycles.